The Morgan fingerprint density at radius 3 is 2.17 bits per heavy atom. The van der Waals surface area contributed by atoms with Crippen LogP contribution in [0.5, 0.6) is 0 Å². The van der Waals surface area contributed by atoms with Gasteiger partial charge in [-0.25, -0.2) is 13.2 Å². The first-order valence-corrected chi connectivity index (χ1v) is 6.54. The Labute approximate surface area is 109 Å². The van der Waals surface area contributed by atoms with Gasteiger partial charge in [0.1, 0.15) is 13.2 Å². The van der Waals surface area contributed by atoms with Crippen LogP contribution >= 0.6 is 0 Å². The van der Waals surface area contributed by atoms with Crippen LogP contribution in [0.4, 0.5) is 0 Å². The quantitative estimate of drug-likeness (QED) is 0.222. The molecule has 0 amide bonds. The first-order valence-electron chi connectivity index (χ1n) is 5.20. The molecule has 108 valence electrons. The van der Waals surface area contributed by atoms with Gasteiger partial charge in [-0.05, 0) is 6.92 Å². The zero-order chi connectivity index (χ0) is 14.8. The molecule has 0 bridgehead atoms. The van der Waals surface area contributed by atoms with Gasteiger partial charge in [0.25, 0.3) is 0 Å². The molecule has 0 saturated heterocycles. The third-order valence-electron chi connectivity index (χ3n) is 2.17. The van der Waals surface area contributed by atoms with Gasteiger partial charge in [-0.3, -0.25) is 4.18 Å². The number of hydrogen-bond acceptors (Lipinski definition) is 6. The SMILES string of the molecule is C=CC(=O)OCC[N+](C)(C)CC.COS(=O)(=O)[O-]. The molecular formula is C10H21NO6S. The van der Waals surface area contributed by atoms with E-state index in [9.17, 15) is 17.8 Å². The molecule has 0 radical (unpaired) electrons. The second-order valence-corrected chi connectivity index (χ2v) is 5.07. The van der Waals surface area contributed by atoms with Crippen molar-refractivity contribution in [3.8, 4) is 0 Å². The number of carbonyl (C=O) groups is 1. The summed E-state index contributed by atoms with van der Waals surface area (Å²) in [5.74, 6) is -0.342. The summed E-state index contributed by atoms with van der Waals surface area (Å²) in [5, 5.41) is 0. The van der Waals surface area contributed by atoms with E-state index >= 15 is 0 Å². The molecule has 0 aromatic heterocycles. The van der Waals surface area contributed by atoms with Crippen LogP contribution < -0.4 is 0 Å². The number of ether oxygens (including phenoxy) is 1. The summed E-state index contributed by atoms with van der Waals surface area (Å²) in [5.41, 5.74) is 0. The fourth-order valence-corrected chi connectivity index (χ4v) is 0.610. The van der Waals surface area contributed by atoms with Gasteiger partial charge in [-0.2, -0.15) is 0 Å². The molecule has 0 saturated carbocycles. The molecule has 8 heteroatoms. The van der Waals surface area contributed by atoms with E-state index in [-0.39, 0.29) is 5.97 Å². The summed E-state index contributed by atoms with van der Waals surface area (Å²) < 4.78 is 36.7. The van der Waals surface area contributed by atoms with Crippen LogP contribution in [0.1, 0.15) is 6.92 Å². The lowest BCUT2D eigenvalue weighted by Gasteiger charge is -2.27. The van der Waals surface area contributed by atoms with Gasteiger partial charge < -0.3 is 13.8 Å². The highest BCUT2D eigenvalue weighted by atomic mass is 32.3. The zero-order valence-corrected chi connectivity index (χ0v) is 12.0. The molecule has 0 aliphatic heterocycles. The lowest BCUT2D eigenvalue weighted by molar-refractivity contribution is -0.888. The Morgan fingerprint density at radius 1 is 1.44 bits per heavy atom. The Kier molecular flexibility index (Phi) is 9.73. The van der Waals surface area contributed by atoms with Crippen molar-refractivity contribution in [1.82, 2.24) is 0 Å². The van der Waals surface area contributed by atoms with Crippen LogP contribution in [0.25, 0.3) is 0 Å². The Hall–Kier alpha value is -0.960. The summed E-state index contributed by atoms with van der Waals surface area (Å²) >= 11 is 0. The minimum Gasteiger partial charge on any atom is -0.726 e. The minimum atomic E-state index is -4.41. The van der Waals surface area contributed by atoms with E-state index in [4.69, 9.17) is 4.74 Å². The molecule has 0 heterocycles. The van der Waals surface area contributed by atoms with E-state index < -0.39 is 10.4 Å². The van der Waals surface area contributed by atoms with Crippen molar-refractivity contribution in [3.63, 3.8) is 0 Å². The third kappa shape index (κ3) is 15.0. The van der Waals surface area contributed by atoms with Crippen molar-refractivity contribution in [3.05, 3.63) is 12.7 Å². The van der Waals surface area contributed by atoms with Crippen molar-refractivity contribution in [2.45, 2.75) is 6.92 Å². The van der Waals surface area contributed by atoms with Crippen LogP contribution in [0.15, 0.2) is 12.7 Å². The number of carbonyl (C=O) groups excluding carboxylic acids is 1. The monoisotopic (exact) mass is 283 g/mol. The molecule has 0 aromatic carbocycles. The number of nitrogens with zero attached hydrogens (tertiary/aromatic N) is 1. The van der Waals surface area contributed by atoms with Crippen LogP contribution in [0.3, 0.4) is 0 Å². The van der Waals surface area contributed by atoms with Gasteiger partial charge in [-0.1, -0.05) is 6.58 Å². The molecule has 0 rings (SSSR count). The maximum Gasteiger partial charge on any atom is 0.330 e. The summed E-state index contributed by atoms with van der Waals surface area (Å²) in [6, 6.07) is 0. The van der Waals surface area contributed by atoms with Gasteiger partial charge in [0, 0.05) is 6.08 Å². The molecule has 18 heavy (non-hydrogen) atoms. The van der Waals surface area contributed by atoms with E-state index in [1.165, 1.54) is 6.08 Å². The van der Waals surface area contributed by atoms with E-state index in [1.54, 1.807) is 0 Å². The second-order valence-electron chi connectivity index (χ2n) is 3.92. The standard InChI is InChI=1S/C9H18NO2.CH4O4S/c1-5-9(11)12-8-7-10(3,4)6-2;1-5-6(2,3)4/h5H,1,6-8H2,2-4H3;1H3,(H,2,3,4)/q+1;/p-1. The first kappa shape index (κ1) is 19.4. The minimum absolute atomic E-state index is 0.342. The van der Waals surface area contributed by atoms with Crippen LogP contribution in [-0.4, -0.2) is 64.3 Å². The predicted octanol–water partition coefficient (Wildman–Crippen LogP) is -0.0951. The molecule has 0 unspecified atom stereocenters. The molecule has 0 aromatic rings. The Balaban J connectivity index is 0. The fraction of sp³-hybridized carbons (Fsp3) is 0.700. The normalized spacial score (nSPS) is 11.2. The predicted molar refractivity (Wildman–Crippen MR) is 65.4 cm³/mol. The number of esters is 1. The second kappa shape index (κ2) is 9.03. The van der Waals surface area contributed by atoms with E-state index in [1.807, 2.05) is 0 Å². The van der Waals surface area contributed by atoms with E-state index in [0.717, 1.165) is 24.7 Å². The maximum absolute atomic E-state index is 10.6. The fourth-order valence-electron chi connectivity index (χ4n) is 0.610. The van der Waals surface area contributed by atoms with Gasteiger partial charge in [-0.15, -0.1) is 0 Å². The average Bonchev–Trinajstić information content (AvgIpc) is 2.28. The highest BCUT2D eigenvalue weighted by Gasteiger charge is 2.11. The van der Waals surface area contributed by atoms with Crippen molar-refractivity contribution in [1.29, 1.82) is 0 Å². The molecule has 0 spiro atoms. The van der Waals surface area contributed by atoms with Crippen LogP contribution in [0.2, 0.25) is 0 Å². The summed E-state index contributed by atoms with van der Waals surface area (Å²) in [7, 11) is 0.594. The smallest absolute Gasteiger partial charge is 0.330 e. The topological polar surface area (TPSA) is 92.7 Å². The van der Waals surface area contributed by atoms with Crippen LogP contribution in [0, 0.1) is 0 Å². The lowest BCUT2D eigenvalue weighted by Crippen LogP contribution is -2.42. The maximum atomic E-state index is 10.6. The van der Waals surface area contributed by atoms with E-state index in [0.29, 0.717) is 6.61 Å². The van der Waals surface area contributed by atoms with Crippen molar-refractivity contribution < 1.29 is 31.2 Å². The Morgan fingerprint density at radius 2 is 1.89 bits per heavy atom. The van der Waals surface area contributed by atoms with E-state index in [2.05, 4.69) is 31.8 Å². The Bertz CT molecular complexity index is 349. The van der Waals surface area contributed by atoms with Gasteiger partial charge in [0.05, 0.1) is 27.7 Å². The number of hydrogen-bond donors (Lipinski definition) is 0. The average molecular weight is 283 g/mol. The number of quaternary nitrogens is 1. The largest absolute Gasteiger partial charge is 0.726 e. The van der Waals surface area contributed by atoms with Gasteiger partial charge in [0.2, 0.25) is 10.4 Å². The highest BCUT2D eigenvalue weighted by Crippen LogP contribution is 1.95. The number of rotatable bonds is 6. The molecule has 0 aliphatic rings. The van der Waals surface area contributed by atoms with Gasteiger partial charge in [0.15, 0.2) is 0 Å². The van der Waals surface area contributed by atoms with Crippen molar-refractivity contribution in [2.24, 2.45) is 0 Å². The zero-order valence-electron chi connectivity index (χ0n) is 11.2. The first-order chi connectivity index (χ1) is 8.08. The molecule has 0 aliphatic carbocycles. The van der Waals surface area contributed by atoms with Crippen molar-refractivity contribution in [2.75, 3.05) is 40.9 Å². The summed E-state index contributed by atoms with van der Waals surface area (Å²) in [4.78, 5) is 10.6. The highest BCUT2D eigenvalue weighted by molar-refractivity contribution is 7.80. The van der Waals surface area contributed by atoms with Crippen molar-refractivity contribution >= 4 is 16.4 Å². The summed E-state index contributed by atoms with van der Waals surface area (Å²) in [6.45, 7) is 7.76. The summed E-state index contributed by atoms with van der Waals surface area (Å²) in [6.07, 6.45) is 1.19. The third-order valence-corrected chi connectivity index (χ3v) is 2.58. The molecule has 0 N–H and O–H groups in total. The molecule has 0 fully saturated rings. The molecule has 0 atom stereocenters. The van der Waals surface area contributed by atoms with Crippen LogP contribution in [-0.2, 0) is 24.1 Å². The lowest BCUT2D eigenvalue weighted by atomic mass is 10.4. The number of likely N-dealkylation sites (N-methyl/N-ethyl adjacent to an activating group) is 1. The molecule has 7 nitrogen and oxygen atoms in total. The van der Waals surface area contributed by atoms with Gasteiger partial charge >= 0.3 is 5.97 Å². The molecular weight excluding hydrogens is 262 g/mol.